The number of anilines is 1. The fourth-order valence-electron chi connectivity index (χ4n) is 2.76. The Labute approximate surface area is 149 Å². The van der Waals surface area contributed by atoms with Crippen molar-refractivity contribution in [3.63, 3.8) is 0 Å². The van der Waals surface area contributed by atoms with Crippen LogP contribution in [-0.2, 0) is 0 Å². The topological polar surface area (TPSA) is 54.9 Å². The van der Waals surface area contributed by atoms with Crippen LogP contribution in [0.25, 0.3) is 22.2 Å². The molecule has 0 aliphatic rings. The molecule has 0 aliphatic carbocycles. The summed E-state index contributed by atoms with van der Waals surface area (Å²) in [5.41, 5.74) is 3.24. The van der Waals surface area contributed by atoms with Crippen molar-refractivity contribution in [3.05, 3.63) is 90.5 Å². The maximum absolute atomic E-state index is 13.1. The average molecular weight is 343 g/mol. The molecule has 0 aliphatic heterocycles. The van der Waals surface area contributed by atoms with Gasteiger partial charge in [-0.2, -0.15) is 0 Å². The number of halogens is 1. The van der Waals surface area contributed by atoms with Gasteiger partial charge in [-0.25, -0.2) is 9.37 Å². The largest absolute Gasteiger partial charge is 0.322 e. The molecule has 5 heteroatoms. The number of rotatable bonds is 3. The number of nitrogens with one attached hydrogen (secondary N) is 1. The van der Waals surface area contributed by atoms with E-state index in [4.69, 9.17) is 0 Å². The highest BCUT2D eigenvalue weighted by Crippen LogP contribution is 2.25. The molecule has 0 atom stereocenters. The van der Waals surface area contributed by atoms with E-state index in [1.807, 2.05) is 36.4 Å². The molecule has 0 unspecified atom stereocenters. The second-order valence-electron chi connectivity index (χ2n) is 5.77. The number of pyridine rings is 2. The van der Waals surface area contributed by atoms with E-state index in [-0.39, 0.29) is 11.7 Å². The highest BCUT2D eigenvalue weighted by molar-refractivity contribution is 6.13. The van der Waals surface area contributed by atoms with Gasteiger partial charge in [-0.3, -0.25) is 9.78 Å². The molecule has 0 fully saturated rings. The number of amides is 1. The lowest BCUT2D eigenvalue weighted by molar-refractivity contribution is 0.102. The number of para-hydroxylation sites is 1. The molecule has 0 bridgehead atoms. The van der Waals surface area contributed by atoms with E-state index in [2.05, 4.69) is 15.3 Å². The van der Waals surface area contributed by atoms with Gasteiger partial charge in [-0.05, 0) is 48.5 Å². The molecule has 2 aromatic heterocycles. The van der Waals surface area contributed by atoms with Crippen LogP contribution in [0.1, 0.15) is 10.4 Å². The van der Waals surface area contributed by atoms with Crippen molar-refractivity contribution >= 4 is 22.5 Å². The predicted octanol–water partition coefficient (Wildman–Crippen LogP) is 4.69. The normalized spacial score (nSPS) is 10.7. The number of aromatic nitrogens is 2. The number of carbonyl (C=O) groups is 1. The van der Waals surface area contributed by atoms with Crippen molar-refractivity contribution in [2.75, 3.05) is 5.32 Å². The van der Waals surface area contributed by atoms with Crippen molar-refractivity contribution in [2.24, 2.45) is 0 Å². The van der Waals surface area contributed by atoms with Crippen molar-refractivity contribution < 1.29 is 9.18 Å². The fraction of sp³-hybridized carbons (Fsp3) is 0. The minimum atomic E-state index is -0.351. The molecule has 1 N–H and O–H groups in total. The van der Waals surface area contributed by atoms with Crippen LogP contribution in [0, 0.1) is 5.82 Å². The minimum absolute atomic E-state index is 0.277. The van der Waals surface area contributed by atoms with E-state index < -0.39 is 0 Å². The Bertz CT molecular complexity index is 1080. The number of carbonyl (C=O) groups excluding carboxylic acids is 1. The summed E-state index contributed by atoms with van der Waals surface area (Å²) in [7, 11) is 0. The number of hydrogen-bond donors (Lipinski definition) is 1. The second-order valence-corrected chi connectivity index (χ2v) is 5.77. The molecule has 4 aromatic rings. The first-order valence-electron chi connectivity index (χ1n) is 8.08. The molecule has 2 heterocycles. The zero-order chi connectivity index (χ0) is 17.9. The summed E-state index contributed by atoms with van der Waals surface area (Å²) in [6.45, 7) is 0. The van der Waals surface area contributed by atoms with Crippen LogP contribution in [0.15, 0.2) is 79.1 Å². The zero-order valence-electron chi connectivity index (χ0n) is 13.7. The summed E-state index contributed by atoms with van der Waals surface area (Å²) in [5, 5.41) is 3.56. The van der Waals surface area contributed by atoms with E-state index in [1.165, 1.54) is 24.3 Å². The molecule has 2 aromatic carbocycles. The lowest BCUT2D eigenvalue weighted by Crippen LogP contribution is -2.13. The monoisotopic (exact) mass is 343 g/mol. The quantitative estimate of drug-likeness (QED) is 0.587. The van der Waals surface area contributed by atoms with E-state index in [0.29, 0.717) is 16.9 Å². The Kier molecular flexibility index (Phi) is 4.11. The predicted molar refractivity (Wildman–Crippen MR) is 99.3 cm³/mol. The molecule has 4 rings (SSSR count). The first-order valence-corrected chi connectivity index (χ1v) is 8.08. The molecule has 1 amide bonds. The van der Waals surface area contributed by atoms with E-state index in [1.54, 1.807) is 18.5 Å². The average Bonchev–Trinajstić information content (AvgIpc) is 2.69. The Balaban J connectivity index is 1.79. The standard InChI is InChI=1S/C21H14FN3O/c22-15-7-9-16(10-8-15)24-21(26)18-12-20(14-4-3-11-23-13-14)25-19-6-2-1-5-17(18)19/h1-13H,(H,24,26). The third kappa shape index (κ3) is 3.15. The molecule has 0 saturated carbocycles. The van der Waals surface area contributed by atoms with E-state index in [0.717, 1.165) is 16.5 Å². The molecule has 0 saturated heterocycles. The van der Waals surface area contributed by atoms with E-state index >= 15 is 0 Å². The van der Waals surface area contributed by atoms with Gasteiger partial charge < -0.3 is 5.32 Å². The maximum atomic E-state index is 13.1. The van der Waals surface area contributed by atoms with Crippen molar-refractivity contribution in [1.82, 2.24) is 9.97 Å². The lowest BCUT2D eigenvalue weighted by Gasteiger charge is -2.10. The third-order valence-electron chi connectivity index (χ3n) is 4.02. The Morgan fingerprint density at radius 1 is 0.962 bits per heavy atom. The summed E-state index contributed by atoms with van der Waals surface area (Å²) in [4.78, 5) is 21.6. The smallest absolute Gasteiger partial charge is 0.256 e. The van der Waals surface area contributed by atoms with Crippen LogP contribution in [0.3, 0.4) is 0 Å². The van der Waals surface area contributed by atoms with Gasteiger partial charge >= 0.3 is 0 Å². The van der Waals surface area contributed by atoms with Crippen LogP contribution in [0.2, 0.25) is 0 Å². The molecule has 26 heavy (non-hydrogen) atoms. The number of benzene rings is 2. The highest BCUT2D eigenvalue weighted by atomic mass is 19.1. The summed E-state index contributed by atoms with van der Waals surface area (Å²) in [6.07, 6.45) is 3.39. The SMILES string of the molecule is O=C(Nc1ccc(F)cc1)c1cc(-c2cccnc2)nc2ccccc12. The molecular weight excluding hydrogens is 329 g/mol. The second kappa shape index (κ2) is 6.72. The first-order chi connectivity index (χ1) is 12.7. The van der Waals surface area contributed by atoms with Crippen LogP contribution in [-0.4, -0.2) is 15.9 Å². The molecule has 4 nitrogen and oxygen atoms in total. The van der Waals surface area contributed by atoms with Gasteiger partial charge in [0.2, 0.25) is 0 Å². The highest BCUT2D eigenvalue weighted by Gasteiger charge is 2.14. The van der Waals surface area contributed by atoms with Gasteiger partial charge in [0.25, 0.3) is 5.91 Å². The minimum Gasteiger partial charge on any atom is -0.322 e. The zero-order valence-corrected chi connectivity index (χ0v) is 13.7. The Hall–Kier alpha value is -3.60. The van der Waals surface area contributed by atoms with Crippen LogP contribution in [0.4, 0.5) is 10.1 Å². The molecule has 0 radical (unpaired) electrons. The van der Waals surface area contributed by atoms with Gasteiger partial charge in [0, 0.05) is 29.0 Å². The van der Waals surface area contributed by atoms with Gasteiger partial charge in [0.05, 0.1) is 16.8 Å². The van der Waals surface area contributed by atoms with Gasteiger partial charge in [0.1, 0.15) is 5.82 Å². The third-order valence-corrected chi connectivity index (χ3v) is 4.02. The van der Waals surface area contributed by atoms with Crippen LogP contribution < -0.4 is 5.32 Å². The van der Waals surface area contributed by atoms with Crippen LogP contribution in [0.5, 0.6) is 0 Å². The van der Waals surface area contributed by atoms with Gasteiger partial charge in [-0.1, -0.05) is 18.2 Å². The molecule has 126 valence electrons. The van der Waals surface area contributed by atoms with Crippen LogP contribution >= 0.6 is 0 Å². The fourth-order valence-corrected chi connectivity index (χ4v) is 2.76. The maximum Gasteiger partial charge on any atom is 0.256 e. The lowest BCUT2D eigenvalue weighted by atomic mass is 10.0. The van der Waals surface area contributed by atoms with E-state index in [9.17, 15) is 9.18 Å². The summed E-state index contributed by atoms with van der Waals surface area (Å²) in [5.74, 6) is -0.628. The molecular formula is C21H14FN3O. The molecule has 0 spiro atoms. The number of fused-ring (bicyclic) bond motifs is 1. The van der Waals surface area contributed by atoms with Gasteiger partial charge in [-0.15, -0.1) is 0 Å². The Morgan fingerprint density at radius 2 is 1.77 bits per heavy atom. The number of hydrogen-bond acceptors (Lipinski definition) is 3. The summed E-state index contributed by atoms with van der Waals surface area (Å²) in [6, 6.07) is 18.6. The first kappa shape index (κ1) is 15.9. The van der Waals surface area contributed by atoms with Gasteiger partial charge in [0.15, 0.2) is 0 Å². The summed E-state index contributed by atoms with van der Waals surface area (Å²) >= 11 is 0. The van der Waals surface area contributed by atoms with Crippen molar-refractivity contribution in [3.8, 4) is 11.3 Å². The van der Waals surface area contributed by atoms with Crippen molar-refractivity contribution in [1.29, 1.82) is 0 Å². The Morgan fingerprint density at radius 3 is 2.54 bits per heavy atom. The number of nitrogens with zero attached hydrogens (tertiary/aromatic N) is 2. The summed E-state index contributed by atoms with van der Waals surface area (Å²) < 4.78 is 13.1. The van der Waals surface area contributed by atoms with Crippen molar-refractivity contribution in [2.45, 2.75) is 0 Å².